The van der Waals surface area contributed by atoms with E-state index < -0.39 is 6.10 Å². The van der Waals surface area contributed by atoms with Crippen LogP contribution in [0.3, 0.4) is 0 Å². The Bertz CT molecular complexity index is 1100. The molecule has 0 radical (unpaired) electrons. The third-order valence-corrected chi connectivity index (χ3v) is 7.13. The van der Waals surface area contributed by atoms with Gasteiger partial charge in [0, 0.05) is 32.7 Å². The van der Waals surface area contributed by atoms with Crippen molar-refractivity contribution in [3.8, 4) is 0 Å². The second kappa shape index (κ2) is 12.8. The molecule has 1 N–H and O–H groups in total. The molecule has 0 aliphatic carbocycles. The predicted molar refractivity (Wildman–Crippen MR) is 149 cm³/mol. The van der Waals surface area contributed by atoms with Crippen LogP contribution in [0, 0.1) is 0 Å². The Hall–Kier alpha value is -3.28. The molecule has 0 aromatic heterocycles. The molecule has 0 amide bonds. The summed E-state index contributed by atoms with van der Waals surface area (Å²) in [6, 6.07) is 42.3. The Labute approximate surface area is 220 Å². The van der Waals surface area contributed by atoms with Gasteiger partial charge in [0.15, 0.2) is 0 Å². The SMILES string of the molecule is O[C@H](COC(c1ccccc1)c1ccccc1)CN1CCN(C(c2ccccc2)c2ccccc2)CC1. The van der Waals surface area contributed by atoms with Crippen LogP contribution in [0.2, 0.25) is 0 Å². The molecule has 1 saturated heterocycles. The highest BCUT2D eigenvalue weighted by Gasteiger charge is 2.27. The van der Waals surface area contributed by atoms with Gasteiger partial charge in [0.2, 0.25) is 0 Å². The van der Waals surface area contributed by atoms with Gasteiger partial charge in [0.05, 0.1) is 18.8 Å². The first-order chi connectivity index (χ1) is 18.3. The summed E-state index contributed by atoms with van der Waals surface area (Å²) >= 11 is 0. The van der Waals surface area contributed by atoms with E-state index in [1.807, 2.05) is 36.4 Å². The van der Waals surface area contributed by atoms with Crippen molar-refractivity contribution in [2.75, 3.05) is 39.3 Å². The Balaban J connectivity index is 1.18. The van der Waals surface area contributed by atoms with Crippen LogP contribution in [0.4, 0.5) is 0 Å². The number of aliphatic hydroxyl groups excluding tert-OH is 1. The van der Waals surface area contributed by atoms with E-state index in [0.717, 1.165) is 37.3 Å². The lowest BCUT2D eigenvalue weighted by molar-refractivity contribution is -0.0159. The molecule has 0 unspecified atom stereocenters. The van der Waals surface area contributed by atoms with E-state index in [9.17, 15) is 5.11 Å². The summed E-state index contributed by atoms with van der Waals surface area (Å²) in [6.45, 7) is 4.68. The second-order valence-corrected chi connectivity index (χ2v) is 9.75. The number of hydrogen-bond donors (Lipinski definition) is 1. The van der Waals surface area contributed by atoms with Gasteiger partial charge < -0.3 is 9.84 Å². The number of piperazine rings is 1. The van der Waals surface area contributed by atoms with E-state index in [2.05, 4.69) is 94.7 Å². The maximum absolute atomic E-state index is 10.9. The largest absolute Gasteiger partial charge is 0.389 e. The molecule has 1 atom stereocenters. The number of aliphatic hydroxyl groups is 1. The highest BCUT2D eigenvalue weighted by Crippen LogP contribution is 2.30. The summed E-state index contributed by atoms with van der Waals surface area (Å²) < 4.78 is 6.31. The summed E-state index contributed by atoms with van der Waals surface area (Å²) in [5.41, 5.74) is 4.84. The maximum Gasteiger partial charge on any atom is 0.108 e. The molecule has 5 rings (SSSR count). The molecular formula is C33H36N2O2. The summed E-state index contributed by atoms with van der Waals surface area (Å²) in [6.07, 6.45) is -0.730. The van der Waals surface area contributed by atoms with Gasteiger partial charge >= 0.3 is 0 Å². The van der Waals surface area contributed by atoms with Crippen LogP contribution < -0.4 is 0 Å². The molecule has 37 heavy (non-hydrogen) atoms. The molecule has 4 aromatic carbocycles. The first-order valence-corrected chi connectivity index (χ1v) is 13.2. The summed E-state index contributed by atoms with van der Waals surface area (Å²) in [4.78, 5) is 4.92. The van der Waals surface area contributed by atoms with Crippen LogP contribution in [0.5, 0.6) is 0 Å². The van der Waals surface area contributed by atoms with Crippen LogP contribution in [0.1, 0.15) is 34.4 Å². The van der Waals surface area contributed by atoms with E-state index in [0.29, 0.717) is 13.2 Å². The van der Waals surface area contributed by atoms with Crippen molar-refractivity contribution in [3.05, 3.63) is 144 Å². The minimum absolute atomic E-state index is 0.189. The van der Waals surface area contributed by atoms with Crippen LogP contribution in [0.15, 0.2) is 121 Å². The van der Waals surface area contributed by atoms with Gasteiger partial charge in [-0.2, -0.15) is 0 Å². The van der Waals surface area contributed by atoms with Gasteiger partial charge in [-0.25, -0.2) is 0 Å². The zero-order chi connectivity index (χ0) is 25.3. The van der Waals surface area contributed by atoms with E-state index >= 15 is 0 Å². The van der Waals surface area contributed by atoms with Crippen LogP contribution in [-0.4, -0.2) is 60.3 Å². The number of nitrogens with zero attached hydrogens (tertiary/aromatic N) is 2. The Kier molecular flexibility index (Phi) is 8.78. The number of β-amino-alcohol motifs (C(OH)–C–C–N with tert-alkyl or cyclic N) is 1. The van der Waals surface area contributed by atoms with Gasteiger partial charge in [-0.15, -0.1) is 0 Å². The van der Waals surface area contributed by atoms with Crippen molar-refractivity contribution < 1.29 is 9.84 Å². The average molecular weight is 493 g/mol. The fraction of sp³-hybridized carbons (Fsp3) is 0.273. The Morgan fingerprint density at radius 3 is 1.41 bits per heavy atom. The quantitative estimate of drug-likeness (QED) is 0.314. The first-order valence-electron chi connectivity index (χ1n) is 13.2. The van der Waals surface area contributed by atoms with E-state index in [1.165, 1.54) is 11.1 Å². The standard InChI is InChI=1S/C33H36N2O2/c36-31(26-37-33(29-17-9-3-10-18-29)30-19-11-4-12-20-30)25-34-21-23-35(24-22-34)32(27-13-5-1-6-14-27)28-15-7-2-8-16-28/h1-20,31-33,36H,21-26H2/t31-/m0/s1. The normalized spacial score (nSPS) is 15.8. The van der Waals surface area contributed by atoms with Crippen molar-refractivity contribution in [2.45, 2.75) is 18.2 Å². The lowest BCUT2D eigenvalue weighted by atomic mass is 9.96. The second-order valence-electron chi connectivity index (χ2n) is 9.75. The number of ether oxygens (including phenoxy) is 1. The molecule has 4 nitrogen and oxygen atoms in total. The third-order valence-electron chi connectivity index (χ3n) is 7.13. The van der Waals surface area contributed by atoms with Gasteiger partial charge in [-0.3, -0.25) is 9.80 Å². The molecule has 1 aliphatic heterocycles. The first kappa shape index (κ1) is 25.4. The molecule has 190 valence electrons. The van der Waals surface area contributed by atoms with Gasteiger partial charge in [-0.1, -0.05) is 121 Å². The molecule has 1 fully saturated rings. The van der Waals surface area contributed by atoms with Crippen LogP contribution >= 0.6 is 0 Å². The smallest absolute Gasteiger partial charge is 0.108 e. The van der Waals surface area contributed by atoms with Crippen molar-refractivity contribution >= 4 is 0 Å². The minimum Gasteiger partial charge on any atom is -0.389 e. The van der Waals surface area contributed by atoms with Crippen LogP contribution in [-0.2, 0) is 4.74 Å². The number of rotatable bonds is 10. The van der Waals surface area contributed by atoms with Crippen molar-refractivity contribution in [3.63, 3.8) is 0 Å². The molecular weight excluding hydrogens is 456 g/mol. The average Bonchev–Trinajstić information content (AvgIpc) is 2.97. The predicted octanol–water partition coefficient (Wildman–Crippen LogP) is 5.56. The molecule has 1 aliphatic rings. The minimum atomic E-state index is -0.541. The highest BCUT2D eigenvalue weighted by atomic mass is 16.5. The van der Waals surface area contributed by atoms with E-state index in [1.54, 1.807) is 0 Å². The number of hydrogen-bond acceptors (Lipinski definition) is 4. The zero-order valence-corrected chi connectivity index (χ0v) is 21.3. The summed E-state index contributed by atoms with van der Waals surface area (Å²) in [5, 5.41) is 10.9. The molecule has 0 saturated carbocycles. The van der Waals surface area contributed by atoms with Gasteiger partial charge in [-0.05, 0) is 22.3 Å². The van der Waals surface area contributed by atoms with Gasteiger partial charge in [0.1, 0.15) is 6.10 Å². The van der Waals surface area contributed by atoms with E-state index in [4.69, 9.17) is 4.74 Å². The molecule has 4 heteroatoms. The topological polar surface area (TPSA) is 35.9 Å². The molecule has 0 spiro atoms. The fourth-order valence-electron chi connectivity index (χ4n) is 5.29. The molecule has 1 heterocycles. The summed E-state index contributed by atoms with van der Waals surface area (Å²) in [5.74, 6) is 0. The number of benzene rings is 4. The molecule has 4 aromatic rings. The lowest BCUT2D eigenvalue weighted by Gasteiger charge is -2.40. The summed E-state index contributed by atoms with van der Waals surface area (Å²) in [7, 11) is 0. The zero-order valence-electron chi connectivity index (χ0n) is 21.3. The lowest BCUT2D eigenvalue weighted by Crippen LogP contribution is -2.50. The Morgan fingerprint density at radius 2 is 0.973 bits per heavy atom. The monoisotopic (exact) mass is 492 g/mol. The van der Waals surface area contributed by atoms with Crippen molar-refractivity contribution in [2.24, 2.45) is 0 Å². The fourth-order valence-corrected chi connectivity index (χ4v) is 5.29. The van der Waals surface area contributed by atoms with Crippen molar-refractivity contribution in [1.29, 1.82) is 0 Å². The van der Waals surface area contributed by atoms with Gasteiger partial charge in [0.25, 0.3) is 0 Å². The molecule has 0 bridgehead atoms. The third kappa shape index (κ3) is 6.73. The maximum atomic E-state index is 10.9. The van der Waals surface area contributed by atoms with Crippen LogP contribution in [0.25, 0.3) is 0 Å². The van der Waals surface area contributed by atoms with E-state index in [-0.39, 0.29) is 12.1 Å². The highest BCUT2D eigenvalue weighted by molar-refractivity contribution is 5.32. The van der Waals surface area contributed by atoms with Crippen molar-refractivity contribution in [1.82, 2.24) is 9.80 Å². The Morgan fingerprint density at radius 1 is 0.568 bits per heavy atom.